The number of nitrogens with one attached hydrogen (secondary N) is 1. The highest BCUT2D eigenvalue weighted by molar-refractivity contribution is 5.95. The molecule has 6 nitrogen and oxygen atoms in total. The quantitative estimate of drug-likeness (QED) is 0.456. The molecule has 206 valence electrons. The number of alkyl carbamates (subject to hydrolysis) is 1. The summed E-state index contributed by atoms with van der Waals surface area (Å²) in [6.45, 7) is 1.42. The summed E-state index contributed by atoms with van der Waals surface area (Å²) in [4.78, 5) is 27.4. The van der Waals surface area contributed by atoms with Crippen LogP contribution in [0.3, 0.4) is 0 Å². The molecule has 0 heterocycles. The van der Waals surface area contributed by atoms with Gasteiger partial charge in [-0.05, 0) is 68.7 Å². The van der Waals surface area contributed by atoms with Crippen molar-refractivity contribution >= 4 is 12.0 Å². The van der Waals surface area contributed by atoms with Crippen LogP contribution >= 0.6 is 0 Å². The monoisotopic (exact) mass is 532 g/mol. The van der Waals surface area contributed by atoms with Crippen LogP contribution in [0.2, 0.25) is 0 Å². The second-order valence-corrected chi connectivity index (χ2v) is 10.5. The topological polar surface area (TPSA) is 67.9 Å². The van der Waals surface area contributed by atoms with Crippen LogP contribution in [0.15, 0.2) is 54.6 Å². The highest BCUT2D eigenvalue weighted by atomic mass is 19.4. The third kappa shape index (κ3) is 5.53. The second-order valence-electron chi connectivity index (χ2n) is 10.5. The second kappa shape index (κ2) is 11.0. The van der Waals surface area contributed by atoms with E-state index in [4.69, 9.17) is 9.47 Å². The summed E-state index contributed by atoms with van der Waals surface area (Å²) < 4.78 is 50.4. The largest absolute Gasteiger partial charge is 0.453 e. The maximum absolute atomic E-state index is 13.6. The lowest BCUT2D eigenvalue weighted by atomic mass is 9.67. The zero-order valence-corrected chi connectivity index (χ0v) is 22.0. The summed E-state index contributed by atoms with van der Waals surface area (Å²) in [6.07, 6.45) is -0.160. The maximum atomic E-state index is 13.6. The fourth-order valence-electron chi connectivity index (χ4n) is 5.57. The van der Waals surface area contributed by atoms with Gasteiger partial charge in [-0.25, -0.2) is 4.79 Å². The number of methoxy groups -OCH3 is 2. The number of hydrogen-bond donors (Lipinski definition) is 1. The van der Waals surface area contributed by atoms with E-state index in [-0.39, 0.29) is 29.0 Å². The van der Waals surface area contributed by atoms with Gasteiger partial charge in [-0.2, -0.15) is 13.2 Å². The molecule has 2 amide bonds. The minimum atomic E-state index is -4.59. The standard InChI is InChI=1S/C29H35F3N2O4/c1-27(38-3,29(30,31)32)21-11-9-20(10-12-21)25(35)34(23-13-14-23)24-15-17-28(18-16-24,19-33-26(36)37-2)22-7-5-4-6-8-22/h4-12,23-24H,13-19H2,1-3H3,(H,33,36)/t24?,27-,28?/m0/s1. The van der Waals surface area contributed by atoms with E-state index in [9.17, 15) is 22.8 Å². The Balaban J connectivity index is 1.52. The van der Waals surface area contributed by atoms with Gasteiger partial charge < -0.3 is 19.7 Å². The Morgan fingerprint density at radius 2 is 1.53 bits per heavy atom. The molecule has 4 rings (SSSR count). The SMILES string of the molecule is COC(=O)NCC1(c2ccccc2)CCC(N(C(=O)c2ccc([C@](C)(OC)C(F)(F)F)cc2)C2CC2)CC1. The molecule has 0 saturated heterocycles. The van der Waals surface area contributed by atoms with E-state index in [0.29, 0.717) is 12.1 Å². The van der Waals surface area contributed by atoms with E-state index < -0.39 is 17.9 Å². The van der Waals surface area contributed by atoms with Gasteiger partial charge in [0.25, 0.3) is 5.91 Å². The number of benzene rings is 2. The fraction of sp³-hybridized carbons (Fsp3) is 0.517. The number of carbonyl (C=O) groups is 2. The van der Waals surface area contributed by atoms with Gasteiger partial charge in [-0.1, -0.05) is 42.5 Å². The first kappa shape index (κ1) is 28.0. The van der Waals surface area contributed by atoms with Crippen LogP contribution in [0.1, 0.15) is 66.9 Å². The predicted molar refractivity (Wildman–Crippen MR) is 137 cm³/mol. The Labute approximate surface area is 221 Å². The van der Waals surface area contributed by atoms with Crippen LogP contribution in [0.4, 0.5) is 18.0 Å². The van der Waals surface area contributed by atoms with Gasteiger partial charge in [0.1, 0.15) is 0 Å². The van der Waals surface area contributed by atoms with Gasteiger partial charge in [0.15, 0.2) is 5.60 Å². The Kier molecular flexibility index (Phi) is 8.06. The Morgan fingerprint density at radius 3 is 2.03 bits per heavy atom. The molecule has 2 aliphatic carbocycles. The van der Waals surface area contributed by atoms with Gasteiger partial charge in [0.05, 0.1) is 7.11 Å². The lowest BCUT2D eigenvalue weighted by molar-refractivity contribution is -0.269. The van der Waals surface area contributed by atoms with Crippen molar-refractivity contribution < 1.29 is 32.2 Å². The van der Waals surface area contributed by atoms with Crippen molar-refractivity contribution in [1.29, 1.82) is 0 Å². The first-order valence-corrected chi connectivity index (χ1v) is 13.0. The first-order chi connectivity index (χ1) is 18.0. The average molecular weight is 533 g/mol. The summed E-state index contributed by atoms with van der Waals surface area (Å²) in [6, 6.07) is 15.8. The van der Waals surface area contributed by atoms with Crippen molar-refractivity contribution in [1.82, 2.24) is 10.2 Å². The molecule has 1 atom stereocenters. The minimum Gasteiger partial charge on any atom is -0.453 e. The van der Waals surface area contributed by atoms with E-state index in [1.807, 2.05) is 23.1 Å². The molecule has 0 unspecified atom stereocenters. The number of carbonyl (C=O) groups excluding carboxylic acids is 2. The van der Waals surface area contributed by atoms with Gasteiger partial charge in [0, 0.05) is 36.7 Å². The first-order valence-electron chi connectivity index (χ1n) is 13.0. The van der Waals surface area contributed by atoms with E-state index in [1.54, 1.807) is 0 Å². The Morgan fingerprint density at radius 1 is 0.947 bits per heavy atom. The Hall–Kier alpha value is -3.07. The number of halogens is 3. The molecule has 0 aliphatic heterocycles. The highest BCUT2D eigenvalue weighted by Crippen LogP contribution is 2.44. The van der Waals surface area contributed by atoms with Gasteiger partial charge in [-0.3, -0.25) is 4.79 Å². The summed E-state index contributed by atoms with van der Waals surface area (Å²) in [7, 11) is 2.37. The number of nitrogens with zero attached hydrogens (tertiary/aromatic N) is 1. The molecule has 0 bridgehead atoms. The highest BCUT2D eigenvalue weighted by Gasteiger charge is 2.53. The van der Waals surface area contributed by atoms with Crippen LogP contribution in [-0.4, -0.2) is 55.9 Å². The van der Waals surface area contributed by atoms with Crippen molar-refractivity contribution in [3.8, 4) is 0 Å². The van der Waals surface area contributed by atoms with Crippen LogP contribution in [0, 0.1) is 0 Å². The molecule has 0 aromatic heterocycles. The summed E-state index contributed by atoms with van der Waals surface area (Å²) >= 11 is 0. The summed E-state index contributed by atoms with van der Waals surface area (Å²) in [5.74, 6) is -0.157. The molecular formula is C29H35F3N2O4. The molecule has 0 radical (unpaired) electrons. The normalized spacial score (nSPS) is 23.3. The molecule has 2 aromatic carbocycles. The molecule has 2 saturated carbocycles. The van der Waals surface area contributed by atoms with Crippen LogP contribution in [-0.2, 0) is 20.5 Å². The minimum absolute atomic E-state index is 0.0176. The molecule has 1 N–H and O–H groups in total. The van der Waals surface area contributed by atoms with E-state index in [0.717, 1.165) is 58.1 Å². The van der Waals surface area contributed by atoms with Gasteiger partial charge in [-0.15, -0.1) is 0 Å². The van der Waals surface area contributed by atoms with Gasteiger partial charge >= 0.3 is 12.3 Å². The number of hydrogen-bond acceptors (Lipinski definition) is 4. The number of alkyl halides is 3. The zero-order valence-electron chi connectivity index (χ0n) is 22.0. The van der Waals surface area contributed by atoms with Crippen LogP contribution < -0.4 is 5.32 Å². The number of ether oxygens (including phenoxy) is 2. The van der Waals surface area contributed by atoms with E-state index >= 15 is 0 Å². The lowest BCUT2D eigenvalue weighted by Gasteiger charge is -2.44. The molecule has 38 heavy (non-hydrogen) atoms. The Bertz CT molecular complexity index is 1110. The molecule has 2 aromatic rings. The lowest BCUT2D eigenvalue weighted by Crippen LogP contribution is -2.49. The van der Waals surface area contributed by atoms with Crippen LogP contribution in [0.25, 0.3) is 0 Å². The molecule has 9 heteroatoms. The van der Waals surface area contributed by atoms with E-state index in [2.05, 4.69) is 17.4 Å². The van der Waals surface area contributed by atoms with Crippen molar-refractivity contribution in [3.63, 3.8) is 0 Å². The average Bonchev–Trinajstić information content (AvgIpc) is 3.77. The van der Waals surface area contributed by atoms with Crippen molar-refractivity contribution in [3.05, 3.63) is 71.3 Å². The maximum Gasteiger partial charge on any atom is 0.421 e. The third-order valence-electron chi connectivity index (χ3n) is 8.25. The summed E-state index contributed by atoms with van der Waals surface area (Å²) in [5.41, 5.74) is -1.26. The van der Waals surface area contributed by atoms with E-state index in [1.165, 1.54) is 31.4 Å². The third-order valence-corrected chi connectivity index (χ3v) is 8.25. The fourth-order valence-corrected chi connectivity index (χ4v) is 5.57. The van der Waals surface area contributed by atoms with Crippen molar-refractivity contribution in [2.24, 2.45) is 0 Å². The number of rotatable bonds is 8. The molecule has 0 spiro atoms. The smallest absolute Gasteiger partial charge is 0.421 e. The summed E-state index contributed by atoms with van der Waals surface area (Å²) in [5, 5.41) is 2.87. The molecular weight excluding hydrogens is 497 g/mol. The van der Waals surface area contributed by atoms with Gasteiger partial charge in [0.2, 0.25) is 0 Å². The van der Waals surface area contributed by atoms with Crippen molar-refractivity contribution in [2.75, 3.05) is 20.8 Å². The molecule has 2 fully saturated rings. The van der Waals surface area contributed by atoms with Crippen LogP contribution in [0.5, 0.6) is 0 Å². The van der Waals surface area contributed by atoms with Crippen molar-refractivity contribution in [2.45, 2.75) is 74.7 Å². The number of amides is 2. The molecule has 2 aliphatic rings. The zero-order chi connectivity index (χ0) is 27.6. The predicted octanol–water partition coefficient (Wildman–Crippen LogP) is 5.95.